The maximum Gasteiger partial charge on any atom is 0.341 e. The van der Waals surface area contributed by atoms with Crippen molar-refractivity contribution in [3.05, 3.63) is 38.9 Å². The molecule has 6 nitrogen and oxygen atoms in total. The van der Waals surface area contributed by atoms with Crippen molar-refractivity contribution >= 4 is 34.2 Å². The molecule has 27 heavy (non-hydrogen) atoms. The number of nitrogens with one attached hydrogen (secondary N) is 1. The molecule has 1 aliphatic heterocycles. The molecule has 1 aromatic carbocycles. The van der Waals surface area contributed by atoms with Crippen LogP contribution in [0.4, 0.5) is 10.1 Å². The Bertz CT molecular complexity index is 944. The number of halogens is 2. The van der Waals surface area contributed by atoms with Crippen LogP contribution in [0.5, 0.6) is 0 Å². The van der Waals surface area contributed by atoms with Crippen molar-refractivity contribution in [1.82, 2.24) is 9.88 Å². The van der Waals surface area contributed by atoms with Gasteiger partial charge in [0.2, 0.25) is 5.43 Å². The number of rotatable bonds is 6. The number of hydrogen-bond acceptors (Lipinski definition) is 4. The maximum absolute atomic E-state index is 14.9. The number of carboxylic acids is 1. The van der Waals surface area contributed by atoms with Gasteiger partial charge in [0.05, 0.1) is 21.6 Å². The monoisotopic (exact) mass is 395 g/mol. The summed E-state index contributed by atoms with van der Waals surface area (Å²) in [6.07, 6.45) is 2.21. The Morgan fingerprint density at radius 3 is 2.81 bits per heavy atom. The van der Waals surface area contributed by atoms with E-state index >= 15 is 0 Å². The molecule has 3 rings (SSSR count). The van der Waals surface area contributed by atoms with Gasteiger partial charge in [-0.05, 0) is 38.4 Å². The van der Waals surface area contributed by atoms with Crippen LogP contribution in [-0.4, -0.2) is 41.8 Å². The van der Waals surface area contributed by atoms with E-state index in [0.717, 1.165) is 25.6 Å². The minimum Gasteiger partial charge on any atom is -0.477 e. The first-order valence-corrected chi connectivity index (χ1v) is 9.50. The molecular formula is C19H23ClFN3O3. The number of anilines is 1. The second-order valence-electron chi connectivity index (χ2n) is 6.79. The minimum atomic E-state index is -1.34. The number of fused-ring (bicyclic) bond motifs is 1. The first-order chi connectivity index (χ1) is 12.9. The Hall–Kier alpha value is -2.12. The summed E-state index contributed by atoms with van der Waals surface area (Å²) in [5.74, 6) is -1.53. The van der Waals surface area contributed by atoms with Crippen molar-refractivity contribution in [2.24, 2.45) is 5.92 Å². The van der Waals surface area contributed by atoms with Gasteiger partial charge in [0.1, 0.15) is 11.4 Å². The molecule has 1 aliphatic rings. The summed E-state index contributed by atoms with van der Waals surface area (Å²) in [6, 6.07) is 1.12. The van der Waals surface area contributed by atoms with E-state index in [9.17, 15) is 19.1 Å². The average molecular weight is 396 g/mol. The summed E-state index contributed by atoms with van der Waals surface area (Å²) in [4.78, 5) is 25.8. The Balaban J connectivity index is 2.13. The molecule has 0 bridgehead atoms. The standard InChI is InChI=1S/C19H23ClFN3O3/c1-3-22-8-11-5-6-24(9-11)17-14(21)7-12-16(15(17)20)23(4-2)10-13(18(12)25)19(26)27/h7,10-11,22H,3-6,8-9H2,1-2H3,(H,26,27). The number of aromatic carboxylic acids is 1. The second-order valence-corrected chi connectivity index (χ2v) is 7.17. The smallest absolute Gasteiger partial charge is 0.341 e. The summed E-state index contributed by atoms with van der Waals surface area (Å²) in [5, 5.41) is 12.7. The topological polar surface area (TPSA) is 74.6 Å². The molecule has 0 saturated carbocycles. The van der Waals surface area contributed by atoms with Gasteiger partial charge in [0.25, 0.3) is 0 Å². The molecule has 0 radical (unpaired) electrons. The first kappa shape index (κ1) is 19.6. The van der Waals surface area contributed by atoms with Crippen molar-refractivity contribution < 1.29 is 14.3 Å². The van der Waals surface area contributed by atoms with Crippen LogP contribution in [0, 0.1) is 11.7 Å². The van der Waals surface area contributed by atoms with E-state index in [1.165, 1.54) is 6.20 Å². The Labute approximate surface area is 161 Å². The molecule has 1 atom stereocenters. The molecule has 8 heteroatoms. The van der Waals surface area contributed by atoms with Crippen LogP contribution < -0.4 is 15.6 Å². The van der Waals surface area contributed by atoms with E-state index in [1.807, 2.05) is 18.7 Å². The average Bonchev–Trinajstić information content (AvgIpc) is 3.09. The lowest BCUT2D eigenvalue weighted by atomic mass is 10.1. The molecular weight excluding hydrogens is 373 g/mol. The summed E-state index contributed by atoms with van der Waals surface area (Å²) in [7, 11) is 0. The molecule has 0 spiro atoms. The zero-order chi connectivity index (χ0) is 19.7. The van der Waals surface area contributed by atoms with Gasteiger partial charge in [-0.25, -0.2) is 9.18 Å². The minimum absolute atomic E-state index is 0.00797. The van der Waals surface area contributed by atoms with Gasteiger partial charge in [-0.15, -0.1) is 0 Å². The third kappa shape index (κ3) is 3.53. The summed E-state index contributed by atoms with van der Waals surface area (Å²) >= 11 is 6.56. The van der Waals surface area contributed by atoms with Crippen molar-refractivity contribution in [2.45, 2.75) is 26.8 Å². The van der Waals surface area contributed by atoms with Gasteiger partial charge in [0.15, 0.2) is 0 Å². The molecule has 2 N–H and O–H groups in total. The highest BCUT2D eigenvalue weighted by Gasteiger charge is 2.28. The SMILES string of the molecule is CCNCC1CCN(c2c(F)cc3c(=O)c(C(=O)O)cn(CC)c3c2Cl)C1. The predicted molar refractivity (Wildman–Crippen MR) is 105 cm³/mol. The number of hydrogen-bond donors (Lipinski definition) is 2. The highest BCUT2D eigenvalue weighted by atomic mass is 35.5. The number of carboxylic acid groups (broad SMARTS) is 1. The largest absolute Gasteiger partial charge is 0.477 e. The fourth-order valence-corrected chi connectivity index (χ4v) is 4.14. The van der Waals surface area contributed by atoms with Crippen molar-refractivity contribution in [2.75, 3.05) is 31.1 Å². The van der Waals surface area contributed by atoms with Crippen molar-refractivity contribution in [3.63, 3.8) is 0 Å². The van der Waals surface area contributed by atoms with Crippen LogP contribution in [-0.2, 0) is 6.54 Å². The van der Waals surface area contributed by atoms with E-state index in [4.69, 9.17) is 11.6 Å². The van der Waals surface area contributed by atoms with Crippen LogP contribution in [0.1, 0.15) is 30.6 Å². The first-order valence-electron chi connectivity index (χ1n) is 9.13. The Kier molecular flexibility index (Phi) is 5.72. The van der Waals surface area contributed by atoms with Crippen LogP contribution >= 0.6 is 11.6 Å². The molecule has 0 aliphatic carbocycles. The van der Waals surface area contributed by atoms with Crippen molar-refractivity contribution in [1.29, 1.82) is 0 Å². The zero-order valence-electron chi connectivity index (χ0n) is 15.4. The van der Waals surface area contributed by atoms with E-state index < -0.39 is 17.2 Å². The fourth-order valence-electron chi connectivity index (χ4n) is 3.72. The number of pyridine rings is 1. The Morgan fingerprint density at radius 1 is 1.44 bits per heavy atom. The lowest BCUT2D eigenvalue weighted by molar-refractivity contribution is 0.0695. The van der Waals surface area contributed by atoms with Crippen LogP contribution in [0.25, 0.3) is 10.9 Å². The number of benzene rings is 1. The summed E-state index contributed by atoms with van der Waals surface area (Å²) in [5.41, 5.74) is -0.450. The van der Waals surface area contributed by atoms with Gasteiger partial charge in [0, 0.05) is 25.8 Å². The number of aryl methyl sites for hydroxylation is 1. The normalized spacial score (nSPS) is 17.0. The van der Waals surface area contributed by atoms with Gasteiger partial charge in [-0.1, -0.05) is 18.5 Å². The fraction of sp³-hybridized carbons (Fsp3) is 0.474. The lowest BCUT2D eigenvalue weighted by Gasteiger charge is -2.23. The number of nitrogens with zero attached hydrogens (tertiary/aromatic N) is 2. The van der Waals surface area contributed by atoms with Gasteiger partial charge in [-0.3, -0.25) is 4.79 Å². The van der Waals surface area contributed by atoms with E-state index in [2.05, 4.69) is 5.32 Å². The van der Waals surface area contributed by atoms with Gasteiger partial charge < -0.3 is 19.9 Å². The molecule has 1 aromatic heterocycles. The maximum atomic E-state index is 14.9. The lowest BCUT2D eigenvalue weighted by Crippen LogP contribution is -2.27. The second kappa shape index (κ2) is 7.86. The molecule has 2 aromatic rings. The highest BCUT2D eigenvalue weighted by Crippen LogP contribution is 2.37. The third-order valence-corrected chi connectivity index (χ3v) is 5.44. The number of aromatic nitrogens is 1. The van der Waals surface area contributed by atoms with Crippen molar-refractivity contribution in [3.8, 4) is 0 Å². The van der Waals surface area contributed by atoms with Crippen LogP contribution in [0.15, 0.2) is 17.1 Å². The van der Waals surface area contributed by atoms with Crippen LogP contribution in [0.2, 0.25) is 5.02 Å². The van der Waals surface area contributed by atoms with Gasteiger partial charge >= 0.3 is 5.97 Å². The predicted octanol–water partition coefficient (Wildman–Crippen LogP) is 2.95. The highest BCUT2D eigenvalue weighted by molar-refractivity contribution is 6.38. The molecule has 1 fully saturated rings. The molecule has 2 heterocycles. The summed E-state index contributed by atoms with van der Waals surface area (Å²) in [6.45, 7) is 7.38. The summed E-state index contributed by atoms with van der Waals surface area (Å²) < 4.78 is 16.5. The third-order valence-electron chi connectivity index (χ3n) is 5.09. The van der Waals surface area contributed by atoms with Gasteiger partial charge in [-0.2, -0.15) is 0 Å². The van der Waals surface area contributed by atoms with Crippen LogP contribution in [0.3, 0.4) is 0 Å². The molecule has 1 saturated heterocycles. The molecule has 146 valence electrons. The molecule has 0 amide bonds. The van der Waals surface area contributed by atoms with E-state index in [-0.39, 0.29) is 21.7 Å². The Morgan fingerprint density at radius 2 is 2.19 bits per heavy atom. The quantitative estimate of drug-likeness (QED) is 0.786. The number of carbonyl (C=O) groups is 1. The van der Waals surface area contributed by atoms with E-state index in [1.54, 1.807) is 4.57 Å². The zero-order valence-corrected chi connectivity index (χ0v) is 16.1. The van der Waals surface area contributed by atoms with E-state index in [0.29, 0.717) is 31.1 Å². The molecule has 1 unspecified atom stereocenters.